The van der Waals surface area contributed by atoms with E-state index in [-0.39, 0.29) is 6.09 Å². The van der Waals surface area contributed by atoms with Gasteiger partial charge >= 0.3 is 214 Å². The minimum atomic E-state index is -0.790. The number of nitrogens with zero attached hydrogens (tertiary/aromatic N) is 3. The van der Waals surface area contributed by atoms with Crippen molar-refractivity contribution >= 4 is 36.6 Å². The van der Waals surface area contributed by atoms with Crippen molar-refractivity contribution in [2.24, 2.45) is 0 Å². The van der Waals surface area contributed by atoms with Crippen molar-refractivity contribution in [3.63, 3.8) is 0 Å². The molecule has 186 valence electrons. The van der Waals surface area contributed by atoms with E-state index >= 15 is 0 Å². The normalized spacial score (nSPS) is 15.1. The quantitative estimate of drug-likeness (QED) is 0.284. The van der Waals surface area contributed by atoms with Crippen molar-refractivity contribution in [2.75, 3.05) is 31.1 Å². The van der Waals surface area contributed by atoms with Gasteiger partial charge in [-0.1, -0.05) is 0 Å². The summed E-state index contributed by atoms with van der Waals surface area (Å²) < 4.78 is 7.50. The Morgan fingerprint density at radius 3 is 1.91 bits per heavy atom. The van der Waals surface area contributed by atoms with E-state index in [9.17, 15) is 4.79 Å². The van der Waals surface area contributed by atoms with Gasteiger partial charge in [-0.3, -0.25) is 0 Å². The molecule has 0 saturated carbocycles. The number of hydrogen-bond acceptors (Lipinski definition) is 4. The van der Waals surface area contributed by atoms with E-state index in [2.05, 4.69) is 44.0 Å². The standard InChI is InChI=1S/C14H20N3O2.C13H27.Sn/c1-14(2,3)19-13(18)17-9-7-16(8-10-17)12-5-4-6-15-11-12;1-4-7-10-13(11-8-5-2)12-9-6-3;/h4-5,11H,7-10H2,1-3H3;4-12H2,1-3H3;. The molecule has 2 heterocycles. The second-order valence-corrected chi connectivity index (χ2v) is 15.8. The van der Waals surface area contributed by atoms with E-state index in [0.717, 1.165) is 13.1 Å². The molecular weight excluding hydrogens is 517 g/mol. The van der Waals surface area contributed by atoms with E-state index in [4.69, 9.17) is 9.72 Å². The van der Waals surface area contributed by atoms with Crippen LogP contribution in [0.1, 0.15) is 99.3 Å². The number of carbonyl (C=O) groups is 1. The van der Waals surface area contributed by atoms with Crippen LogP contribution in [0, 0.1) is 0 Å². The minimum absolute atomic E-state index is 0.203. The Balaban J connectivity index is 2.00. The molecule has 6 heteroatoms. The molecule has 2 radical (unpaired) electrons. The Morgan fingerprint density at radius 1 is 0.939 bits per heavy atom. The molecule has 0 aromatic carbocycles. The molecule has 0 N–H and O–H groups in total. The summed E-state index contributed by atoms with van der Waals surface area (Å²) in [5.74, 6) is 0. The average Bonchev–Trinajstić information content (AvgIpc) is 2.79. The number of amides is 1. The van der Waals surface area contributed by atoms with Gasteiger partial charge in [0.15, 0.2) is 0 Å². The summed E-state index contributed by atoms with van der Waals surface area (Å²) in [5, 5.41) is 0. The first kappa shape index (κ1) is 28.3. The van der Waals surface area contributed by atoms with Gasteiger partial charge in [-0.2, -0.15) is 0 Å². The van der Waals surface area contributed by atoms with Crippen LogP contribution in [0.15, 0.2) is 18.3 Å². The fourth-order valence-electron chi connectivity index (χ4n) is 4.50. The Bertz CT molecular complexity index is 673. The zero-order valence-corrected chi connectivity index (χ0v) is 24.9. The second kappa shape index (κ2) is 13.8. The van der Waals surface area contributed by atoms with E-state index in [1.54, 1.807) is 0 Å². The van der Waals surface area contributed by atoms with Gasteiger partial charge in [-0.25, -0.2) is 0 Å². The van der Waals surface area contributed by atoms with Crippen LogP contribution in [0.5, 0.6) is 0 Å². The summed E-state index contributed by atoms with van der Waals surface area (Å²) in [5.41, 5.74) is 0.738. The van der Waals surface area contributed by atoms with Crippen LogP contribution in [0.4, 0.5) is 10.5 Å². The van der Waals surface area contributed by atoms with E-state index < -0.39 is 26.7 Å². The Labute approximate surface area is 213 Å². The van der Waals surface area contributed by atoms with Gasteiger partial charge in [0.1, 0.15) is 0 Å². The molecule has 5 nitrogen and oxygen atoms in total. The summed E-state index contributed by atoms with van der Waals surface area (Å²) in [6, 6.07) is 4.59. The van der Waals surface area contributed by atoms with Crippen LogP contribution < -0.4 is 8.61 Å². The van der Waals surface area contributed by atoms with Gasteiger partial charge in [0.05, 0.1) is 0 Å². The first-order valence-corrected chi connectivity index (χ1v) is 16.0. The van der Waals surface area contributed by atoms with Crippen LogP contribution in [-0.2, 0) is 4.74 Å². The Morgan fingerprint density at radius 2 is 1.48 bits per heavy atom. The van der Waals surface area contributed by atoms with Crippen LogP contribution in [0.25, 0.3) is 0 Å². The molecule has 0 spiro atoms. The van der Waals surface area contributed by atoms with E-state index in [1.165, 1.54) is 67.2 Å². The van der Waals surface area contributed by atoms with Crippen molar-refractivity contribution in [3.05, 3.63) is 18.3 Å². The molecule has 2 rings (SSSR count). The third-order valence-electron chi connectivity index (χ3n) is 6.46. The molecule has 1 aromatic heterocycles. The maximum atomic E-state index is 12.3. The third-order valence-corrected chi connectivity index (χ3v) is 11.7. The SMILES string of the molecule is CCCC[C](CCCC)(CCCC)[Sn][c]1ccc(N2CCN(C(=O)OC(C)(C)C)CC2)cn1. The molecule has 0 aliphatic carbocycles. The fourth-order valence-corrected chi connectivity index (χ4v) is 9.48. The topological polar surface area (TPSA) is 45.7 Å². The average molecular weight is 564 g/mol. The molecule has 0 bridgehead atoms. The second-order valence-electron chi connectivity index (χ2n) is 10.6. The van der Waals surface area contributed by atoms with Crippen LogP contribution in [-0.4, -0.2) is 68.9 Å². The molecule has 0 unspecified atom stereocenters. The number of piperazine rings is 1. The number of hydrogen-bond donors (Lipinski definition) is 0. The summed E-state index contributed by atoms with van der Waals surface area (Å²) in [7, 11) is 0. The van der Waals surface area contributed by atoms with Gasteiger partial charge in [0, 0.05) is 0 Å². The molecule has 1 saturated heterocycles. The van der Waals surface area contributed by atoms with Crippen molar-refractivity contribution in [3.8, 4) is 0 Å². The predicted molar refractivity (Wildman–Crippen MR) is 141 cm³/mol. The number of anilines is 1. The molecule has 0 atom stereocenters. The molecule has 1 aromatic rings. The number of carbonyl (C=O) groups excluding carboxylic acids is 1. The maximum absolute atomic E-state index is 12.3. The van der Waals surface area contributed by atoms with Gasteiger partial charge in [0.2, 0.25) is 0 Å². The first-order valence-electron chi connectivity index (χ1n) is 13.2. The third kappa shape index (κ3) is 9.65. The number of ether oxygens (including phenoxy) is 1. The molecule has 1 amide bonds. The zero-order chi connectivity index (χ0) is 24.3. The van der Waals surface area contributed by atoms with Crippen LogP contribution in [0.2, 0.25) is 3.43 Å². The number of pyridine rings is 1. The van der Waals surface area contributed by atoms with Crippen molar-refractivity contribution in [2.45, 2.75) is 108 Å². The summed E-state index contributed by atoms with van der Waals surface area (Å²) >= 11 is -0.790. The van der Waals surface area contributed by atoms with Gasteiger partial charge < -0.3 is 0 Å². The first-order chi connectivity index (χ1) is 15.7. The number of rotatable bonds is 12. The van der Waals surface area contributed by atoms with E-state index in [0.29, 0.717) is 16.5 Å². The molecule has 1 fully saturated rings. The molecular formula is C27H47N3O2Sn. The number of aromatic nitrogens is 1. The van der Waals surface area contributed by atoms with Gasteiger partial charge in [0.25, 0.3) is 0 Å². The zero-order valence-electron chi connectivity index (χ0n) is 22.1. The fraction of sp³-hybridized carbons (Fsp3) is 0.778. The molecule has 33 heavy (non-hydrogen) atoms. The number of unbranched alkanes of at least 4 members (excludes halogenated alkanes) is 3. The molecule has 1 aliphatic heterocycles. The summed E-state index contributed by atoms with van der Waals surface area (Å²) in [4.78, 5) is 21.5. The van der Waals surface area contributed by atoms with Crippen LogP contribution in [0.3, 0.4) is 0 Å². The van der Waals surface area contributed by atoms with Crippen LogP contribution >= 0.6 is 0 Å². The predicted octanol–water partition coefficient (Wildman–Crippen LogP) is 6.20. The van der Waals surface area contributed by atoms with E-state index in [1.807, 2.05) is 25.7 Å². The Kier molecular flexibility index (Phi) is 11.8. The van der Waals surface area contributed by atoms with Gasteiger partial charge in [-0.05, 0) is 0 Å². The Hall–Kier alpha value is -0.981. The van der Waals surface area contributed by atoms with Gasteiger partial charge in [-0.15, -0.1) is 0 Å². The monoisotopic (exact) mass is 565 g/mol. The van der Waals surface area contributed by atoms with Crippen molar-refractivity contribution in [1.82, 2.24) is 9.88 Å². The van der Waals surface area contributed by atoms with Crippen molar-refractivity contribution < 1.29 is 9.53 Å². The summed E-state index contributed by atoms with van der Waals surface area (Å²) in [6.45, 7) is 15.8. The summed E-state index contributed by atoms with van der Waals surface area (Å²) in [6.07, 6.45) is 14.0. The van der Waals surface area contributed by atoms with Crippen molar-refractivity contribution in [1.29, 1.82) is 0 Å². The molecule has 1 aliphatic rings.